The van der Waals surface area contributed by atoms with Crippen molar-refractivity contribution >= 4 is 0 Å². The third-order valence-corrected chi connectivity index (χ3v) is 1.02. The van der Waals surface area contributed by atoms with E-state index in [9.17, 15) is 8.78 Å². The second-order valence-electron chi connectivity index (χ2n) is 1.82. The maximum absolute atomic E-state index is 11.5. The Morgan fingerprint density at radius 3 is 2.50 bits per heavy atom. The standard InChI is InChI=1S/C6H11F2NO/c1-2-5(4-10)9-3-6(7)8/h2,5-6,9-10H,1,3-4H2. The quantitative estimate of drug-likeness (QED) is 0.557. The van der Waals surface area contributed by atoms with Gasteiger partial charge in [-0.1, -0.05) is 6.08 Å². The highest BCUT2D eigenvalue weighted by Gasteiger charge is 2.05. The summed E-state index contributed by atoms with van der Waals surface area (Å²) >= 11 is 0. The normalized spacial score (nSPS) is 13.6. The monoisotopic (exact) mass is 151 g/mol. The number of aliphatic hydroxyl groups is 1. The lowest BCUT2D eigenvalue weighted by atomic mass is 10.3. The van der Waals surface area contributed by atoms with Gasteiger partial charge in [-0.3, -0.25) is 0 Å². The zero-order chi connectivity index (χ0) is 7.98. The summed E-state index contributed by atoms with van der Waals surface area (Å²) in [7, 11) is 0. The molecule has 0 aliphatic carbocycles. The Labute approximate surface area is 58.5 Å². The second-order valence-corrected chi connectivity index (χ2v) is 1.82. The van der Waals surface area contributed by atoms with E-state index in [-0.39, 0.29) is 6.61 Å². The average molecular weight is 151 g/mol. The molecule has 0 aliphatic heterocycles. The molecule has 2 N–H and O–H groups in total. The first kappa shape index (κ1) is 9.52. The molecule has 0 aromatic carbocycles. The van der Waals surface area contributed by atoms with Gasteiger partial charge in [-0.2, -0.15) is 0 Å². The molecule has 0 radical (unpaired) electrons. The fraction of sp³-hybridized carbons (Fsp3) is 0.667. The third-order valence-electron chi connectivity index (χ3n) is 1.02. The largest absolute Gasteiger partial charge is 0.394 e. The molecule has 0 aliphatic rings. The zero-order valence-corrected chi connectivity index (χ0v) is 5.56. The van der Waals surface area contributed by atoms with Crippen LogP contribution in [-0.4, -0.2) is 30.7 Å². The number of rotatable bonds is 5. The van der Waals surface area contributed by atoms with Gasteiger partial charge in [0, 0.05) is 6.04 Å². The van der Waals surface area contributed by atoms with Crippen LogP contribution in [0.25, 0.3) is 0 Å². The van der Waals surface area contributed by atoms with Crippen molar-refractivity contribution in [1.82, 2.24) is 5.32 Å². The van der Waals surface area contributed by atoms with Crippen molar-refractivity contribution in [2.24, 2.45) is 0 Å². The Morgan fingerprint density at radius 2 is 2.20 bits per heavy atom. The van der Waals surface area contributed by atoms with Crippen molar-refractivity contribution in [3.8, 4) is 0 Å². The summed E-state index contributed by atoms with van der Waals surface area (Å²) in [5.74, 6) is 0. The molecule has 0 fully saturated rings. The van der Waals surface area contributed by atoms with Gasteiger partial charge in [0.05, 0.1) is 13.2 Å². The summed E-state index contributed by atoms with van der Waals surface area (Å²) in [6.07, 6.45) is -0.989. The van der Waals surface area contributed by atoms with Crippen molar-refractivity contribution < 1.29 is 13.9 Å². The van der Waals surface area contributed by atoms with E-state index in [0.717, 1.165) is 0 Å². The van der Waals surface area contributed by atoms with Crippen LogP contribution < -0.4 is 5.32 Å². The van der Waals surface area contributed by atoms with Gasteiger partial charge in [0.2, 0.25) is 0 Å². The molecule has 4 heteroatoms. The van der Waals surface area contributed by atoms with Crippen LogP contribution in [0.1, 0.15) is 0 Å². The molecule has 0 aromatic heterocycles. The fourth-order valence-electron chi connectivity index (χ4n) is 0.463. The molecular weight excluding hydrogens is 140 g/mol. The molecule has 0 saturated carbocycles. The molecule has 0 bridgehead atoms. The lowest BCUT2D eigenvalue weighted by Gasteiger charge is -2.09. The van der Waals surface area contributed by atoms with Crippen molar-refractivity contribution in [3.05, 3.63) is 12.7 Å². The lowest BCUT2D eigenvalue weighted by molar-refractivity contribution is 0.138. The predicted octanol–water partition coefficient (Wildman–Crippen LogP) is 0.388. The Bertz CT molecular complexity index is 97.7. The zero-order valence-electron chi connectivity index (χ0n) is 5.56. The van der Waals surface area contributed by atoms with Gasteiger partial charge in [-0.15, -0.1) is 6.58 Å². The first-order chi connectivity index (χ1) is 4.70. The molecule has 0 rings (SSSR count). The molecular formula is C6H11F2NO. The summed E-state index contributed by atoms with van der Waals surface area (Å²) in [4.78, 5) is 0. The SMILES string of the molecule is C=CC(CO)NCC(F)F. The Balaban J connectivity index is 3.34. The highest BCUT2D eigenvalue weighted by atomic mass is 19.3. The van der Waals surface area contributed by atoms with Crippen molar-refractivity contribution in [2.75, 3.05) is 13.2 Å². The van der Waals surface area contributed by atoms with Crippen LogP contribution in [0.4, 0.5) is 8.78 Å². The molecule has 2 nitrogen and oxygen atoms in total. The van der Waals surface area contributed by atoms with E-state index < -0.39 is 19.0 Å². The Morgan fingerprint density at radius 1 is 1.60 bits per heavy atom. The number of nitrogens with one attached hydrogen (secondary N) is 1. The van der Waals surface area contributed by atoms with Crippen LogP contribution in [0.2, 0.25) is 0 Å². The Kier molecular flexibility index (Phi) is 5.06. The molecule has 0 heterocycles. The minimum Gasteiger partial charge on any atom is -0.394 e. The molecule has 1 atom stereocenters. The van der Waals surface area contributed by atoms with Gasteiger partial charge >= 0.3 is 0 Å². The summed E-state index contributed by atoms with van der Waals surface area (Å²) in [5, 5.41) is 10.9. The molecule has 1 unspecified atom stereocenters. The van der Waals surface area contributed by atoms with E-state index in [1.807, 2.05) is 0 Å². The van der Waals surface area contributed by atoms with Gasteiger partial charge in [-0.25, -0.2) is 8.78 Å². The van der Waals surface area contributed by atoms with Crippen LogP contribution in [0, 0.1) is 0 Å². The van der Waals surface area contributed by atoms with Gasteiger partial charge in [0.1, 0.15) is 0 Å². The van der Waals surface area contributed by atoms with E-state index in [2.05, 4.69) is 11.9 Å². The summed E-state index contributed by atoms with van der Waals surface area (Å²) in [6, 6.07) is -0.422. The molecule has 0 spiro atoms. The van der Waals surface area contributed by atoms with E-state index in [4.69, 9.17) is 5.11 Å². The highest BCUT2D eigenvalue weighted by molar-refractivity contribution is 4.84. The van der Waals surface area contributed by atoms with Crippen molar-refractivity contribution in [1.29, 1.82) is 0 Å². The highest BCUT2D eigenvalue weighted by Crippen LogP contribution is 1.90. The smallest absolute Gasteiger partial charge is 0.250 e. The average Bonchev–Trinajstić information content (AvgIpc) is 1.90. The maximum Gasteiger partial charge on any atom is 0.250 e. The van der Waals surface area contributed by atoms with Crippen molar-refractivity contribution in [3.63, 3.8) is 0 Å². The molecule has 0 saturated heterocycles. The molecule has 0 aromatic rings. The van der Waals surface area contributed by atoms with Crippen LogP contribution in [-0.2, 0) is 0 Å². The van der Waals surface area contributed by atoms with Gasteiger partial charge < -0.3 is 10.4 Å². The summed E-state index contributed by atoms with van der Waals surface area (Å²) < 4.78 is 23.0. The summed E-state index contributed by atoms with van der Waals surface area (Å²) in [5.41, 5.74) is 0. The van der Waals surface area contributed by atoms with Crippen LogP contribution in [0.15, 0.2) is 12.7 Å². The third kappa shape index (κ3) is 4.40. The maximum atomic E-state index is 11.5. The van der Waals surface area contributed by atoms with E-state index in [1.165, 1.54) is 6.08 Å². The number of halogens is 2. The van der Waals surface area contributed by atoms with E-state index in [1.54, 1.807) is 0 Å². The number of hydrogen-bond donors (Lipinski definition) is 2. The van der Waals surface area contributed by atoms with E-state index >= 15 is 0 Å². The number of alkyl halides is 2. The minimum atomic E-state index is -2.38. The first-order valence-corrected chi connectivity index (χ1v) is 2.95. The van der Waals surface area contributed by atoms with E-state index in [0.29, 0.717) is 0 Å². The fourth-order valence-corrected chi connectivity index (χ4v) is 0.463. The lowest BCUT2D eigenvalue weighted by Crippen LogP contribution is -2.33. The minimum absolute atomic E-state index is 0.198. The predicted molar refractivity (Wildman–Crippen MR) is 35.1 cm³/mol. The summed E-state index contributed by atoms with van der Waals surface area (Å²) in [6.45, 7) is 2.74. The van der Waals surface area contributed by atoms with Crippen molar-refractivity contribution in [2.45, 2.75) is 12.5 Å². The molecule has 0 amide bonds. The second kappa shape index (κ2) is 5.32. The number of aliphatic hydroxyl groups excluding tert-OH is 1. The van der Waals surface area contributed by atoms with Gasteiger partial charge in [0.15, 0.2) is 0 Å². The molecule has 10 heavy (non-hydrogen) atoms. The van der Waals surface area contributed by atoms with Crippen LogP contribution in [0.5, 0.6) is 0 Å². The molecule has 60 valence electrons. The van der Waals surface area contributed by atoms with Gasteiger partial charge in [-0.05, 0) is 0 Å². The topological polar surface area (TPSA) is 32.3 Å². The first-order valence-electron chi connectivity index (χ1n) is 2.95. The van der Waals surface area contributed by atoms with Gasteiger partial charge in [0.25, 0.3) is 6.43 Å². The Hall–Kier alpha value is -0.480. The van der Waals surface area contributed by atoms with Crippen LogP contribution >= 0.6 is 0 Å². The van der Waals surface area contributed by atoms with Crippen LogP contribution in [0.3, 0.4) is 0 Å². The number of hydrogen-bond acceptors (Lipinski definition) is 2.